The van der Waals surface area contributed by atoms with Crippen LogP contribution in [0.2, 0.25) is 0 Å². The van der Waals surface area contributed by atoms with Crippen LogP contribution in [-0.2, 0) is 11.3 Å². The molecule has 2 aliphatic heterocycles. The summed E-state index contributed by atoms with van der Waals surface area (Å²) in [6, 6.07) is 10.7. The first kappa shape index (κ1) is 15.8. The van der Waals surface area contributed by atoms with E-state index in [0.29, 0.717) is 19.3 Å². The SMILES string of the molecule is OC1CCOCC1C1CCCN1Cc1nccn1-c1ccccc1. The van der Waals surface area contributed by atoms with Gasteiger partial charge in [0.15, 0.2) is 0 Å². The highest BCUT2D eigenvalue weighted by molar-refractivity contribution is 5.32. The maximum Gasteiger partial charge on any atom is 0.127 e. The minimum absolute atomic E-state index is 0.224. The predicted molar refractivity (Wildman–Crippen MR) is 91.9 cm³/mol. The van der Waals surface area contributed by atoms with Crippen molar-refractivity contribution in [2.45, 2.75) is 38.0 Å². The summed E-state index contributed by atoms with van der Waals surface area (Å²) in [5.74, 6) is 1.28. The summed E-state index contributed by atoms with van der Waals surface area (Å²) in [6.45, 7) is 3.24. The van der Waals surface area contributed by atoms with Crippen LogP contribution in [0.15, 0.2) is 42.7 Å². The van der Waals surface area contributed by atoms with Crippen LogP contribution in [0.5, 0.6) is 0 Å². The van der Waals surface area contributed by atoms with Gasteiger partial charge in [-0.2, -0.15) is 0 Å². The van der Waals surface area contributed by atoms with Gasteiger partial charge in [0.05, 0.1) is 19.3 Å². The van der Waals surface area contributed by atoms with Gasteiger partial charge in [-0.15, -0.1) is 0 Å². The second kappa shape index (κ2) is 7.05. The van der Waals surface area contributed by atoms with Crippen molar-refractivity contribution in [1.82, 2.24) is 14.5 Å². The van der Waals surface area contributed by atoms with Crippen molar-refractivity contribution in [2.24, 2.45) is 5.92 Å². The summed E-state index contributed by atoms with van der Waals surface area (Å²) in [5, 5.41) is 10.4. The van der Waals surface area contributed by atoms with Crippen LogP contribution < -0.4 is 0 Å². The van der Waals surface area contributed by atoms with Crippen molar-refractivity contribution in [2.75, 3.05) is 19.8 Å². The van der Waals surface area contributed by atoms with E-state index in [1.54, 1.807) is 0 Å². The number of nitrogens with zero attached hydrogens (tertiary/aromatic N) is 3. The third-order valence-electron chi connectivity index (χ3n) is 5.37. The van der Waals surface area contributed by atoms with Crippen molar-refractivity contribution in [1.29, 1.82) is 0 Å². The van der Waals surface area contributed by atoms with Crippen molar-refractivity contribution < 1.29 is 9.84 Å². The van der Waals surface area contributed by atoms with Gasteiger partial charge in [0.1, 0.15) is 5.82 Å². The van der Waals surface area contributed by atoms with Crippen molar-refractivity contribution in [3.8, 4) is 5.69 Å². The highest BCUT2D eigenvalue weighted by Gasteiger charge is 2.37. The molecule has 2 saturated heterocycles. The number of hydrogen-bond donors (Lipinski definition) is 1. The van der Waals surface area contributed by atoms with Gasteiger partial charge in [-0.3, -0.25) is 4.90 Å². The summed E-state index contributed by atoms with van der Waals surface area (Å²) in [5.41, 5.74) is 1.14. The quantitative estimate of drug-likeness (QED) is 0.936. The maximum atomic E-state index is 10.4. The number of ether oxygens (including phenoxy) is 1. The lowest BCUT2D eigenvalue weighted by Crippen LogP contribution is -2.46. The van der Waals surface area contributed by atoms with Crippen LogP contribution in [-0.4, -0.2) is 51.5 Å². The van der Waals surface area contributed by atoms with Gasteiger partial charge >= 0.3 is 0 Å². The maximum absolute atomic E-state index is 10.4. The molecule has 0 amide bonds. The van der Waals surface area contributed by atoms with Gasteiger partial charge < -0.3 is 14.4 Å². The summed E-state index contributed by atoms with van der Waals surface area (Å²) in [7, 11) is 0. The number of hydrogen-bond acceptors (Lipinski definition) is 4. The molecular weight excluding hydrogens is 302 g/mol. The van der Waals surface area contributed by atoms with E-state index in [0.717, 1.165) is 37.4 Å². The number of aliphatic hydroxyl groups excluding tert-OH is 1. The Labute approximate surface area is 142 Å². The van der Waals surface area contributed by atoms with E-state index in [2.05, 4.69) is 26.6 Å². The zero-order valence-corrected chi connectivity index (χ0v) is 13.9. The minimum atomic E-state index is -0.238. The van der Waals surface area contributed by atoms with Gasteiger partial charge in [-0.25, -0.2) is 4.98 Å². The molecule has 3 atom stereocenters. The van der Waals surface area contributed by atoms with E-state index in [9.17, 15) is 5.11 Å². The van der Waals surface area contributed by atoms with Gasteiger partial charge in [0.25, 0.3) is 0 Å². The number of aliphatic hydroxyl groups is 1. The van der Waals surface area contributed by atoms with Crippen LogP contribution in [0.25, 0.3) is 5.69 Å². The van der Waals surface area contributed by atoms with Gasteiger partial charge in [0, 0.05) is 36.6 Å². The largest absolute Gasteiger partial charge is 0.393 e. The lowest BCUT2D eigenvalue weighted by atomic mass is 9.89. The van der Waals surface area contributed by atoms with E-state index in [1.807, 2.05) is 30.6 Å². The molecule has 0 bridgehead atoms. The summed E-state index contributed by atoms with van der Waals surface area (Å²) in [4.78, 5) is 7.06. The molecule has 0 radical (unpaired) electrons. The van der Waals surface area contributed by atoms with Crippen molar-refractivity contribution >= 4 is 0 Å². The van der Waals surface area contributed by atoms with Gasteiger partial charge in [-0.05, 0) is 37.9 Å². The molecule has 0 aliphatic carbocycles. The van der Waals surface area contributed by atoms with Gasteiger partial charge in [0.2, 0.25) is 0 Å². The standard InChI is InChI=1S/C19H25N3O2/c23-18-8-12-24-14-16(18)17-7-4-10-21(17)13-19-20-9-11-22(19)15-5-2-1-3-6-15/h1-3,5-6,9,11,16-18,23H,4,7-8,10,12-14H2. The second-order valence-electron chi connectivity index (χ2n) is 6.82. The molecule has 0 spiro atoms. The number of aromatic nitrogens is 2. The molecule has 4 rings (SSSR count). The fourth-order valence-corrected chi connectivity index (χ4v) is 4.11. The molecule has 24 heavy (non-hydrogen) atoms. The second-order valence-corrected chi connectivity index (χ2v) is 6.82. The topological polar surface area (TPSA) is 50.5 Å². The lowest BCUT2D eigenvalue weighted by molar-refractivity contribution is -0.0638. The fraction of sp³-hybridized carbons (Fsp3) is 0.526. The van der Waals surface area contributed by atoms with E-state index < -0.39 is 0 Å². The Morgan fingerprint density at radius 3 is 2.92 bits per heavy atom. The summed E-state index contributed by atoms with van der Waals surface area (Å²) >= 11 is 0. The molecule has 1 N–H and O–H groups in total. The first-order valence-electron chi connectivity index (χ1n) is 8.90. The first-order chi connectivity index (χ1) is 11.8. The van der Waals surface area contributed by atoms with E-state index >= 15 is 0 Å². The smallest absolute Gasteiger partial charge is 0.127 e. The third kappa shape index (κ3) is 3.11. The number of benzene rings is 1. The Morgan fingerprint density at radius 2 is 2.08 bits per heavy atom. The van der Waals surface area contributed by atoms with Crippen LogP contribution in [0.1, 0.15) is 25.1 Å². The third-order valence-corrected chi connectivity index (χ3v) is 5.37. The highest BCUT2D eigenvalue weighted by atomic mass is 16.5. The number of rotatable bonds is 4. The first-order valence-corrected chi connectivity index (χ1v) is 8.90. The van der Waals surface area contributed by atoms with Crippen LogP contribution in [0.4, 0.5) is 0 Å². The normalized spacial score (nSPS) is 28.3. The molecule has 5 heteroatoms. The minimum Gasteiger partial charge on any atom is -0.393 e. The Bertz CT molecular complexity index is 658. The van der Waals surface area contributed by atoms with Crippen LogP contribution in [0.3, 0.4) is 0 Å². The molecule has 2 aromatic rings. The molecule has 0 saturated carbocycles. The Kier molecular flexibility index (Phi) is 4.65. The monoisotopic (exact) mass is 327 g/mol. The van der Waals surface area contributed by atoms with E-state index in [1.165, 1.54) is 6.42 Å². The molecule has 3 unspecified atom stereocenters. The molecule has 1 aromatic carbocycles. The Morgan fingerprint density at radius 1 is 1.21 bits per heavy atom. The molecule has 3 heterocycles. The van der Waals surface area contributed by atoms with Crippen molar-refractivity contribution in [3.63, 3.8) is 0 Å². The average Bonchev–Trinajstić information content (AvgIpc) is 3.26. The summed E-state index contributed by atoms with van der Waals surface area (Å²) < 4.78 is 7.79. The highest BCUT2D eigenvalue weighted by Crippen LogP contribution is 2.31. The number of para-hydroxylation sites is 1. The zero-order chi connectivity index (χ0) is 16.4. The molecule has 2 aliphatic rings. The zero-order valence-electron chi connectivity index (χ0n) is 13.9. The fourth-order valence-electron chi connectivity index (χ4n) is 4.11. The molecule has 1 aromatic heterocycles. The van der Waals surface area contributed by atoms with Crippen LogP contribution in [0, 0.1) is 5.92 Å². The average molecular weight is 327 g/mol. The lowest BCUT2D eigenvalue weighted by Gasteiger charge is -2.36. The summed E-state index contributed by atoms with van der Waals surface area (Å²) in [6.07, 6.45) is 6.73. The van der Waals surface area contributed by atoms with E-state index in [-0.39, 0.29) is 12.0 Å². The molecular formula is C19H25N3O2. The van der Waals surface area contributed by atoms with Crippen molar-refractivity contribution in [3.05, 3.63) is 48.5 Å². The van der Waals surface area contributed by atoms with Gasteiger partial charge in [-0.1, -0.05) is 18.2 Å². The van der Waals surface area contributed by atoms with E-state index in [4.69, 9.17) is 4.74 Å². The number of likely N-dealkylation sites (tertiary alicyclic amines) is 1. The number of imidazole rings is 1. The molecule has 2 fully saturated rings. The van der Waals surface area contributed by atoms with Crippen LogP contribution >= 0.6 is 0 Å². The molecule has 128 valence electrons. The molecule has 5 nitrogen and oxygen atoms in total. The Hall–Kier alpha value is -1.69. The predicted octanol–water partition coefficient (Wildman–Crippen LogP) is 2.23. The Balaban J connectivity index is 1.52.